The first-order chi connectivity index (χ1) is 8.12. The first-order valence-corrected chi connectivity index (χ1v) is 5.27. The lowest BCUT2D eigenvalue weighted by Gasteiger charge is -2.28. The van der Waals surface area contributed by atoms with Crippen molar-refractivity contribution >= 4 is 17.8 Å². The molecule has 0 radical (unpaired) electrons. The van der Waals surface area contributed by atoms with Gasteiger partial charge in [0.05, 0.1) is 0 Å². The number of amides is 1. The predicted octanol–water partition coefficient (Wildman–Crippen LogP) is -1.15. The van der Waals surface area contributed by atoms with E-state index in [2.05, 4.69) is 0 Å². The Morgan fingerprint density at radius 2 is 1.72 bits per heavy atom. The average molecular weight is 263 g/mol. The highest BCUT2D eigenvalue weighted by molar-refractivity contribution is 5.85. The van der Waals surface area contributed by atoms with Crippen LogP contribution < -0.4 is 0 Å². The minimum Gasteiger partial charge on any atom is -0.479 e. The largest absolute Gasteiger partial charge is 0.479 e. The van der Waals surface area contributed by atoms with Gasteiger partial charge in [0, 0.05) is 19.9 Å². The summed E-state index contributed by atoms with van der Waals surface area (Å²) in [6.45, 7) is 2.76. The van der Waals surface area contributed by atoms with Crippen LogP contribution in [0, 0.1) is 0 Å². The Morgan fingerprint density at radius 3 is 1.94 bits per heavy atom. The molecule has 1 amide bonds. The molecule has 8 nitrogen and oxygen atoms in total. The van der Waals surface area contributed by atoms with Gasteiger partial charge in [0.15, 0.2) is 0 Å². The van der Waals surface area contributed by atoms with E-state index in [-0.39, 0.29) is 6.42 Å². The smallest absolute Gasteiger partial charge is 0.357 e. The Morgan fingerprint density at radius 1 is 1.28 bits per heavy atom. The maximum Gasteiger partial charge on any atom is 0.357 e. The van der Waals surface area contributed by atoms with Gasteiger partial charge in [0.1, 0.15) is 6.10 Å². The monoisotopic (exact) mass is 263 g/mol. The van der Waals surface area contributed by atoms with Crippen LogP contribution in [0.1, 0.15) is 26.7 Å². The highest BCUT2D eigenvalue weighted by atomic mass is 16.4. The molecule has 18 heavy (non-hydrogen) atoms. The molecule has 0 aromatic heterocycles. The van der Waals surface area contributed by atoms with E-state index in [0.717, 1.165) is 4.90 Å². The summed E-state index contributed by atoms with van der Waals surface area (Å²) in [5, 5.41) is 33.9. The highest BCUT2D eigenvalue weighted by Gasteiger charge is 2.47. The molecule has 0 saturated carbocycles. The van der Waals surface area contributed by atoms with E-state index in [1.54, 1.807) is 0 Å². The van der Waals surface area contributed by atoms with Crippen LogP contribution in [0.3, 0.4) is 0 Å². The number of carbonyl (C=O) groups is 3. The molecule has 0 aliphatic carbocycles. The van der Waals surface area contributed by atoms with Crippen LogP contribution in [-0.4, -0.2) is 61.5 Å². The molecular weight excluding hydrogens is 246 g/mol. The van der Waals surface area contributed by atoms with Gasteiger partial charge in [-0.15, -0.1) is 0 Å². The molecule has 1 saturated heterocycles. The molecule has 1 fully saturated rings. The quantitative estimate of drug-likeness (QED) is 0.494. The molecule has 0 spiro atoms. The van der Waals surface area contributed by atoms with Gasteiger partial charge in [-0.1, -0.05) is 0 Å². The summed E-state index contributed by atoms with van der Waals surface area (Å²) in [7, 11) is 0. The summed E-state index contributed by atoms with van der Waals surface area (Å²) >= 11 is 0. The van der Waals surface area contributed by atoms with Gasteiger partial charge in [-0.2, -0.15) is 0 Å². The number of likely N-dealkylation sites (tertiary alicyclic amines) is 1. The summed E-state index contributed by atoms with van der Waals surface area (Å²) < 4.78 is 0. The van der Waals surface area contributed by atoms with Crippen LogP contribution in [0.4, 0.5) is 0 Å². The fraction of sp³-hybridized carbons (Fsp3) is 0.700. The van der Waals surface area contributed by atoms with Crippen molar-refractivity contribution in [2.75, 3.05) is 6.54 Å². The number of carboxylic acid groups (broad SMARTS) is 2. The molecule has 2 unspecified atom stereocenters. The zero-order chi connectivity index (χ0) is 14.5. The summed E-state index contributed by atoms with van der Waals surface area (Å²) in [6, 6.07) is 0. The fourth-order valence-electron chi connectivity index (χ4n) is 1.44. The van der Waals surface area contributed by atoms with Crippen molar-refractivity contribution in [2.24, 2.45) is 0 Å². The van der Waals surface area contributed by atoms with Crippen LogP contribution in [0.5, 0.6) is 0 Å². The number of hydrogen-bond donors (Lipinski definition) is 4. The second-order valence-electron chi connectivity index (χ2n) is 3.91. The number of carbonyl (C=O) groups excluding carboxylic acids is 1. The summed E-state index contributed by atoms with van der Waals surface area (Å²) in [5.41, 5.74) is -1.97. The molecule has 0 aromatic rings. The van der Waals surface area contributed by atoms with Gasteiger partial charge >= 0.3 is 11.9 Å². The van der Waals surface area contributed by atoms with Crippen LogP contribution in [0.2, 0.25) is 0 Å². The van der Waals surface area contributed by atoms with Crippen molar-refractivity contribution in [3.63, 3.8) is 0 Å². The van der Waals surface area contributed by atoms with E-state index in [0.29, 0.717) is 13.0 Å². The lowest BCUT2D eigenvalue weighted by Crippen LogP contribution is -2.52. The van der Waals surface area contributed by atoms with E-state index in [9.17, 15) is 19.5 Å². The third-order valence-electron chi connectivity index (χ3n) is 2.43. The van der Waals surface area contributed by atoms with Gasteiger partial charge in [0.2, 0.25) is 11.6 Å². The van der Waals surface area contributed by atoms with Crippen molar-refractivity contribution < 1.29 is 34.8 Å². The van der Waals surface area contributed by atoms with E-state index in [1.807, 2.05) is 0 Å². The van der Waals surface area contributed by atoms with Gasteiger partial charge in [-0.05, 0) is 13.3 Å². The molecule has 0 bridgehead atoms. The summed E-state index contributed by atoms with van der Waals surface area (Å²) in [4.78, 5) is 31.9. The molecule has 0 aromatic carbocycles. The number of hydrogen-bond acceptors (Lipinski definition) is 5. The van der Waals surface area contributed by atoms with Crippen LogP contribution >= 0.6 is 0 Å². The van der Waals surface area contributed by atoms with Gasteiger partial charge < -0.3 is 25.3 Å². The SMILES string of the molecule is CC(=O)N1CCCC1(O)C(=O)O.CC(O)C(=O)O. The number of rotatable bonds is 2. The Hall–Kier alpha value is -1.67. The van der Waals surface area contributed by atoms with E-state index >= 15 is 0 Å². The Bertz CT molecular complexity index is 341. The Balaban J connectivity index is 0.000000411. The summed E-state index contributed by atoms with van der Waals surface area (Å²) in [6.07, 6.45) is -0.588. The van der Waals surface area contributed by atoms with Crippen LogP contribution in [0.15, 0.2) is 0 Å². The van der Waals surface area contributed by atoms with Gasteiger partial charge in [-0.3, -0.25) is 4.79 Å². The lowest BCUT2D eigenvalue weighted by atomic mass is 10.1. The lowest BCUT2D eigenvalue weighted by molar-refractivity contribution is -0.181. The maximum absolute atomic E-state index is 10.9. The Kier molecular flexibility index (Phi) is 5.73. The number of aliphatic hydroxyl groups is 2. The standard InChI is InChI=1S/C7H11NO4.C3H6O3/c1-5(9)8-4-2-3-7(8,12)6(10)11;1-2(4)3(5)6/h12H,2-4H2,1H3,(H,10,11);2,4H,1H3,(H,5,6). The molecule has 1 aliphatic rings. The third-order valence-corrected chi connectivity index (χ3v) is 2.43. The second kappa shape index (κ2) is 6.31. The molecular formula is C10H17NO7. The zero-order valence-corrected chi connectivity index (χ0v) is 10.2. The highest BCUT2D eigenvalue weighted by Crippen LogP contribution is 2.26. The third kappa shape index (κ3) is 3.97. The number of carboxylic acids is 2. The van der Waals surface area contributed by atoms with Crippen molar-refractivity contribution in [3.8, 4) is 0 Å². The Labute approximate surface area is 103 Å². The van der Waals surface area contributed by atoms with E-state index < -0.39 is 29.7 Å². The normalized spacial score (nSPS) is 23.9. The summed E-state index contributed by atoms with van der Waals surface area (Å²) in [5.74, 6) is -2.94. The van der Waals surface area contributed by atoms with E-state index in [1.165, 1.54) is 13.8 Å². The fourth-order valence-corrected chi connectivity index (χ4v) is 1.44. The number of aliphatic carboxylic acids is 2. The topological polar surface area (TPSA) is 135 Å². The van der Waals surface area contributed by atoms with Crippen LogP contribution in [0.25, 0.3) is 0 Å². The van der Waals surface area contributed by atoms with Crippen molar-refractivity contribution in [2.45, 2.75) is 38.5 Å². The predicted molar refractivity (Wildman–Crippen MR) is 58.5 cm³/mol. The van der Waals surface area contributed by atoms with Crippen molar-refractivity contribution in [1.82, 2.24) is 4.90 Å². The first-order valence-electron chi connectivity index (χ1n) is 5.27. The minimum absolute atomic E-state index is 0.113. The molecule has 8 heteroatoms. The van der Waals surface area contributed by atoms with Crippen molar-refractivity contribution in [3.05, 3.63) is 0 Å². The van der Waals surface area contributed by atoms with Crippen LogP contribution in [-0.2, 0) is 14.4 Å². The van der Waals surface area contributed by atoms with Crippen molar-refractivity contribution in [1.29, 1.82) is 0 Å². The number of aliphatic hydroxyl groups excluding tert-OH is 1. The molecule has 2 atom stereocenters. The van der Waals surface area contributed by atoms with Gasteiger partial charge in [-0.25, -0.2) is 9.59 Å². The molecule has 104 valence electrons. The van der Waals surface area contributed by atoms with Gasteiger partial charge in [0.25, 0.3) is 0 Å². The molecule has 1 aliphatic heterocycles. The zero-order valence-electron chi connectivity index (χ0n) is 10.2. The molecule has 1 rings (SSSR count). The average Bonchev–Trinajstić information content (AvgIpc) is 2.62. The molecule has 4 N–H and O–H groups in total. The second-order valence-corrected chi connectivity index (χ2v) is 3.91. The minimum atomic E-state index is -1.97. The first kappa shape index (κ1) is 16.3. The van der Waals surface area contributed by atoms with E-state index in [4.69, 9.17) is 15.3 Å². The number of nitrogens with zero attached hydrogens (tertiary/aromatic N) is 1. The molecule has 1 heterocycles. The maximum atomic E-state index is 10.9.